The van der Waals surface area contributed by atoms with Crippen LogP contribution in [0.25, 0.3) is 5.65 Å². The highest BCUT2D eigenvalue weighted by atomic mass is 19.3. The third kappa shape index (κ3) is 2.95. The number of para-hydroxylation sites is 1. The van der Waals surface area contributed by atoms with Crippen molar-refractivity contribution in [1.82, 2.24) is 9.38 Å². The number of benzene rings is 1. The molecule has 7 rings (SSSR count). The van der Waals surface area contributed by atoms with Gasteiger partial charge in [-0.05, 0) is 31.4 Å². The number of halogens is 2. The molecule has 1 N–H and O–H groups in total. The number of ether oxygens (including phenoxy) is 3. The zero-order valence-electron chi connectivity index (χ0n) is 17.4. The number of carbonyl (C=O) groups excluding carboxylic acids is 1. The molecule has 2 bridgehead atoms. The summed E-state index contributed by atoms with van der Waals surface area (Å²) in [7, 11) is 0. The molecule has 9 heteroatoms. The lowest BCUT2D eigenvalue weighted by Crippen LogP contribution is -2.45. The Balaban J connectivity index is 1.36. The Morgan fingerprint density at radius 3 is 2.91 bits per heavy atom. The minimum Gasteiger partial charge on any atom is -0.492 e. The predicted molar refractivity (Wildman–Crippen MR) is 111 cm³/mol. The molecule has 5 heterocycles. The van der Waals surface area contributed by atoms with Gasteiger partial charge in [0.1, 0.15) is 5.75 Å². The van der Waals surface area contributed by atoms with Crippen LogP contribution < -0.4 is 14.8 Å². The van der Waals surface area contributed by atoms with E-state index >= 15 is 0 Å². The van der Waals surface area contributed by atoms with Crippen LogP contribution in [0.5, 0.6) is 11.5 Å². The molecular formula is C23H21F2N3O4. The summed E-state index contributed by atoms with van der Waals surface area (Å²) < 4.78 is 44.1. The van der Waals surface area contributed by atoms with Crippen LogP contribution in [0.1, 0.15) is 41.4 Å². The number of nitrogens with one attached hydrogen (secondary N) is 1. The molecule has 0 spiro atoms. The first-order valence-electron chi connectivity index (χ1n) is 10.5. The van der Waals surface area contributed by atoms with E-state index in [0.29, 0.717) is 30.2 Å². The number of pyridine rings is 1. The number of alkyl halides is 2. The van der Waals surface area contributed by atoms with Crippen molar-refractivity contribution in [1.29, 1.82) is 0 Å². The van der Waals surface area contributed by atoms with Gasteiger partial charge in [-0.1, -0.05) is 12.1 Å². The van der Waals surface area contributed by atoms with Gasteiger partial charge in [0.05, 0.1) is 35.8 Å². The van der Waals surface area contributed by atoms with E-state index in [1.54, 1.807) is 28.9 Å². The normalized spacial score (nSPS) is 25.5. The molecular weight excluding hydrogens is 420 g/mol. The molecule has 3 aliphatic heterocycles. The summed E-state index contributed by atoms with van der Waals surface area (Å²) in [5.41, 5.74) is 2.42. The van der Waals surface area contributed by atoms with Gasteiger partial charge in [0, 0.05) is 30.3 Å². The van der Waals surface area contributed by atoms with Gasteiger partial charge in [-0.15, -0.1) is 0 Å². The van der Waals surface area contributed by atoms with Crippen molar-refractivity contribution < 1.29 is 27.8 Å². The lowest BCUT2D eigenvalue weighted by atomic mass is 9.62. The molecule has 1 aromatic carbocycles. The zero-order valence-corrected chi connectivity index (χ0v) is 17.4. The SMILES string of the molecule is CC12CC(c3cn4cc(NC(=O)c5cccc6c5OCC6)cc(OC(F)F)c4n3)(CO1)C2. The van der Waals surface area contributed by atoms with Gasteiger partial charge in [0.15, 0.2) is 11.4 Å². The van der Waals surface area contributed by atoms with Crippen molar-refractivity contribution in [3.05, 3.63) is 53.5 Å². The third-order valence-electron chi connectivity index (χ3n) is 6.62. The van der Waals surface area contributed by atoms with Crippen LogP contribution in [0.3, 0.4) is 0 Å². The summed E-state index contributed by atoms with van der Waals surface area (Å²) in [6.45, 7) is 0.133. The summed E-state index contributed by atoms with van der Waals surface area (Å²) in [4.78, 5) is 17.5. The second-order valence-corrected chi connectivity index (χ2v) is 9.05. The molecule has 166 valence electrons. The molecule has 4 aliphatic rings. The number of imidazole rings is 1. The van der Waals surface area contributed by atoms with Crippen molar-refractivity contribution in [2.75, 3.05) is 18.5 Å². The lowest BCUT2D eigenvalue weighted by Gasteiger charge is -2.41. The molecule has 1 aliphatic carbocycles. The van der Waals surface area contributed by atoms with Gasteiger partial charge < -0.3 is 23.9 Å². The number of aromatic nitrogens is 2. The van der Waals surface area contributed by atoms with E-state index in [0.717, 1.165) is 30.5 Å². The van der Waals surface area contributed by atoms with Crippen LogP contribution in [0.4, 0.5) is 14.5 Å². The van der Waals surface area contributed by atoms with E-state index in [4.69, 9.17) is 14.2 Å². The standard InChI is InChI=1S/C23H21F2N3O4/c1-22-10-23(11-22,12-31-22)17-9-28-8-14(7-16(19(28)27-17)32-21(24)25)26-20(29)15-4-2-3-13-5-6-30-18(13)15/h2-4,7-9,21H,5-6,10-12H2,1H3,(H,26,29). The molecule has 0 radical (unpaired) electrons. The number of nitrogens with zero attached hydrogens (tertiary/aromatic N) is 2. The van der Waals surface area contributed by atoms with Crippen molar-refractivity contribution >= 4 is 17.2 Å². The third-order valence-corrected chi connectivity index (χ3v) is 6.62. The first kappa shape index (κ1) is 19.5. The van der Waals surface area contributed by atoms with E-state index < -0.39 is 6.61 Å². The molecule has 2 aromatic heterocycles. The maximum absolute atomic E-state index is 13.1. The van der Waals surface area contributed by atoms with Gasteiger partial charge >= 0.3 is 6.61 Å². The van der Waals surface area contributed by atoms with Gasteiger partial charge in [0.25, 0.3) is 5.91 Å². The van der Waals surface area contributed by atoms with Gasteiger partial charge in [-0.3, -0.25) is 4.79 Å². The minimum atomic E-state index is -3.02. The van der Waals surface area contributed by atoms with Crippen LogP contribution in [0.2, 0.25) is 0 Å². The average Bonchev–Trinajstić information content (AvgIpc) is 3.47. The highest BCUT2D eigenvalue weighted by Gasteiger charge is 2.61. The minimum absolute atomic E-state index is 0.101. The topological polar surface area (TPSA) is 74.1 Å². The number of carbonyl (C=O) groups is 1. The Kier molecular flexibility index (Phi) is 4.05. The van der Waals surface area contributed by atoms with Crippen molar-refractivity contribution in [2.45, 2.75) is 43.8 Å². The molecule has 1 amide bonds. The summed E-state index contributed by atoms with van der Waals surface area (Å²) in [5.74, 6) is 0.0772. The van der Waals surface area contributed by atoms with Crippen molar-refractivity contribution in [3.8, 4) is 11.5 Å². The molecule has 3 aromatic rings. The summed E-state index contributed by atoms with van der Waals surface area (Å²) in [5, 5.41) is 2.78. The zero-order chi connectivity index (χ0) is 22.1. The molecule has 2 saturated heterocycles. The summed E-state index contributed by atoms with van der Waals surface area (Å²) in [6, 6.07) is 6.77. The smallest absolute Gasteiger partial charge is 0.387 e. The molecule has 32 heavy (non-hydrogen) atoms. The molecule has 1 saturated carbocycles. The van der Waals surface area contributed by atoms with Crippen LogP contribution in [0, 0.1) is 0 Å². The fourth-order valence-corrected chi connectivity index (χ4v) is 5.32. The monoisotopic (exact) mass is 441 g/mol. The fourth-order valence-electron chi connectivity index (χ4n) is 5.32. The van der Waals surface area contributed by atoms with Gasteiger partial charge in [-0.2, -0.15) is 8.78 Å². The molecule has 0 atom stereocenters. The van der Waals surface area contributed by atoms with E-state index in [1.807, 2.05) is 6.07 Å². The Bertz CT molecular complexity index is 1250. The Labute approximate surface area is 182 Å². The predicted octanol–water partition coefficient (Wildman–Crippen LogP) is 3.94. The van der Waals surface area contributed by atoms with Crippen LogP contribution >= 0.6 is 0 Å². The molecule has 7 nitrogen and oxygen atoms in total. The molecule has 0 unspecified atom stereocenters. The van der Waals surface area contributed by atoms with E-state index in [-0.39, 0.29) is 28.3 Å². The fraction of sp³-hybridized carbons (Fsp3) is 0.391. The van der Waals surface area contributed by atoms with E-state index in [9.17, 15) is 13.6 Å². The van der Waals surface area contributed by atoms with Crippen LogP contribution in [-0.4, -0.2) is 40.7 Å². The quantitative estimate of drug-likeness (QED) is 0.649. The lowest BCUT2D eigenvalue weighted by molar-refractivity contribution is -0.0491. The number of rotatable bonds is 5. The second kappa shape index (κ2) is 6.65. The van der Waals surface area contributed by atoms with E-state index in [1.165, 1.54) is 6.07 Å². The van der Waals surface area contributed by atoms with Gasteiger partial charge in [-0.25, -0.2) is 4.98 Å². The first-order valence-corrected chi connectivity index (χ1v) is 10.5. The highest BCUT2D eigenvalue weighted by molar-refractivity contribution is 6.06. The van der Waals surface area contributed by atoms with E-state index in [2.05, 4.69) is 17.2 Å². The largest absolute Gasteiger partial charge is 0.492 e. The highest BCUT2D eigenvalue weighted by Crippen LogP contribution is 2.58. The summed E-state index contributed by atoms with van der Waals surface area (Å²) in [6.07, 6.45) is 5.89. The number of fused-ring (bicyclic) bond motifs is 3. The molecule has 3 fully saturated rings. The Morgan fingerprint density at radius 2 is 2.16 bits per heavy atom. The van der Waals surface area contributed by atoms with Crippen molar-refractivity contribution in [2.24, 2.45) is 0 Å². The number of amides is 1. The number of hydrogen-bond donors (Lipinski definition) is 1. The average molecular weight is 441 g/mol. The van der Waals surface area contributed by atoms with Crippen LogP contribution in [0.15, 0.2) is 36.7 Å². The Morgan fingerprint density at radius 1 is 1.31 bits per heavy atom. The Hall–Kier alpha value is -3.20. The first-order chi connectivity index (χ1) is 15.3. The summed E-state index contributed by atoms with van der Waals surface area (Å²) >= 11 is 0. The van der Waals surface area contributed by atoms with Crippen LogP contribution in [-0.2, 0) is 16.6 Å². The second-order valence-electron chi connectivity index (χ2n) is 9.05. The number of anilines is 1. The van der Waals surface area contributed by atoms with Crippen molar-refractivity contribution in [3.63, 3.8) is 0 Å². The maximum atomic E-state index is 13.1. The maximum Gasteiger partial charge on any atom is 0.387 e. The number of hydrogen-bond acceptors (Lipinski definition) is 5. The van der Waals surface area contributed by atoms with Gasteiger partial charge in [0.2, 0.25) is 0 Å².